The van der Waals surface area contributed by atoms with Crippen molar-refractivity contribution in [2.45, 2.75) is 32.4 Å². The van der Waals surface area contributed by atoms with Gasteiger partial charge in [0, 0.05) is 25.2 Å². The van der Waals surface area contributed by atoms with E-state index < -0.39 is 0 Å². The van der Waals surface area contributed by atoms with Gasteiger partial charge in [0.2, 0.25) is 0 Å². The highest BCUT2D eigenvalue weighted by Gasteiger charge is 2.25. The number of nitrogens with two attached hydrogens (primary N) is 1. The van der Waals surface area contributed by atoms with E-state index in [9.17, 15) is 9.50 Å². The van der Waals surface area contributed by atoms with Crippen molar-refractivity contribution in [3.63, 3.8) is 0 Å². The largest absolute Gasteiger partial charge is 0.508 e. The van der Waals surface area contributed by atoms with Crippen molar-refractivity contribution < 1.29 is 9.50 Å². The highest BCUT2D eigenvalue weighted by molar-refractivity contribution is 5.28. The van der Waals surface area contributed by atoms with E-state index in [1.54, 1.807) is 6.07 Å². The zero-order chi connectivity index (χ0) is 13.1. The van der Waals surface area contributed by atoms with E-state index in [1.165, 1.54) is 6.07 Å². The summed E-state index contributed by atoms with van der Waals surface area (Å²) in [7, 11) is 0. The third-order valence-corrected chi connectivity index (χ3v) is 3.70. The van der Waals surface area contributed by atoms with Gasteiger partial charge in [-0.2, -0.15) is 0 Å². The average molecular weight is 252 g/mol. The molecule has 1 saturated heterocycles. The predicted molar refractivity (Wildman–Crippen MR) is 69.7 cm³/mol. The van der Waals surface area contributed by atoms with Crippen LogP contribution in [0.25, 0.3) is 0 Å². The van der Waals surface area contributed by atoms with Crippen LogP contribution in [0, 0.1) is 11.7 Å². The first kappa shape index (κ1) is 13.3. The average Bonchev–Trinajstić information content (AvgIpc) is 2.30. The summed E-state index contributed by atoms with van der Waals surface area (Å²) in [4.78, 5) is 2.29. The second kappa shape index (κ2) is 5.67. The number of benzene rings is 1. The fourth-order valence-electron chi connectivity index (χ4n) is 2.71. The van der Waals surface area contributed by atoms with E-state index in [2.05, 4.69) is 11.8 Å². The summed E-state index contributed by atoms with van der Waals surface area (Å²) in [6, 6.07) is 4.58. The number of piperidine rings is 1. The smallest absolute Gasteiger partial charge is 0.127 e. The second-order valence-electron chi connectivity index (χ2n) is 5.31. The minimum absolute atomic E-state index is 0.0142. The molecule has 0 aromatic heterocycles. The molecular formula is C14H21FN2O. The second-order valence-corrected chi connectivity index (χ2v) is 5.31. The molecule has 1 aliphatic heterocycles. The van der Waals surface area contributed by atoms with Crippen LogP contribution >= 0.6 is 0 Å². The van der Waals surface area contributed by atoms with E-state index in [1.807, 2.05) is 0 Å². The monoisotopic (exact) mass is 252 g/mol. The summed E-state index contributed by atoms with van der Waals surface area (Å²) in [5, 5.41) is 9.41. The van der Waals surface area contributed by atoms with Crippen LogP contribution in [-0.2, 0) is 6.54 Å². The molecule has 3 N–H and O–H groups in total. The molecule has 0 saturated carbocycles. The summed E-state index contributed by atoms with van der Waals surface area (Å²) in [6.45, 7) is 4.51. The molecule has 0 aliphatic carbocycles. The lowest BCUT2D eigenvalue weighted by atomic mass is 9.92. The van der Waals surface area contributed by atoms with E-state index >= 15 is 0 Å². The number of rotatable bonds is 3. The molecule has 18 heavy (non-hydrogen) atoms. The van der Waals surface area contributed by atoms with Crippen LogP contribution < -0.4 is 5.73 Å². The van der Waals surface area contributed by atoms with Crippen molar-refractivity contribution >= 4 is 0 Å². The molecule has 0 radical (unpaired) electrons. The van der Waals surface area contributed by atoms with Gasteiger partial charge in [-0.1, -0.05) is 6.92 Å². The first-order chi connectivity index (χ1) is 8.58. The quantitative estimate of drug-likeness (QED) is 0.866. The first-order valence-corrected chi connectivity index (χ1v) is 6.51. The van der Waals surface area contributed by atoms with E-state index in [4.69, 9.17) is 5.73 Å². The van der Waals surface area contributed by atoms with Gasteiger partial charge in [-0.15, -0.1) is 0 Å². The molecule has 1 heterocycles. The number of phenolic OH excluding ortho intramolecular Hbond substituents is 1. The van der Waals surface area contributed by atoms with E-state index in [0.29, 0.717) is 25.0 Å². The summed E-state index contributed by atoms with van der Waals surface area (Å²) in [6.07, 6.45) is 2.25. The van der Waals surface area contributed by atoms with Gasteiger partial charge in [0.15, 0.2) is 0 Å². The Bertz CT molecular complexity index is 391. The molecule has 1 fully saturated rings. The Morgan fingerprint density at radius 2 is 2.22 bits per heavy atom. The number of hydrogen-bond acceptors (Lipinski definition) is 3. The van der Waals surface area contributed by atoms with Crippen LogP contribution in [0.5, 0.6) is 5.75 Å². The molecule has 1 aliphatic rings. The van der Waals surface area contributed by atoms with Crippen LogP contribution in [0.2, 0.25) is 0 Å². The van der Waals surface area contributed by atoms with E-state index in [0.717, 1.165) is 31.0 Å². The van der Waals surface area contributed by atoms with Crippen molar-refractivity contribution in [1.82, 2.24) is 4.90 Å². The van der Waals surface area contributed by atoms with Gasteiger partial charge in [-0.05, 0) is 43.0 Å². The highest BCUT2D eigenvalue weighted by Crippen LogP contribution is 2.24. The zero-order valence-electron chi connectivity index (χ0n) is 10.8. The van der Waals surface area contributed by atoms with Crippen LogP contribution in [0.1, 0.15) is 25.3 Å². The molecule has 3 nitrogen and oxygen atoms in total. The Morgan fingerprint density at radius 3 is 2.89 bits per heavy atom. The Balaban J connectivity index is 2.07. The standard InChI is InChI=1S/C14H21FN2O/c1-10-2-3-17(13(4-10)8-16)9-11-5-12(15)7-14(18)6-11/h5-7,10,13,18H,2-4,8-9,16H2,1H3. The Morgan fingerprint density at radius 1 is 1.44 bits per heavy atom. The van der Waals surface area contributed by atoms with Gasteiger partial charge < -0.3 is 10.8 Å². The minimum atomic E-state index is -0.389. The van der Waals surface area contributed by atoms with Crippen LogP contribution in [0.4, 0.5) is 4.39 Å². The highest BCUT2D eigenvalue weighted by atomic mass is 19.1. The zero-order valence-corrected chi connectivity index (χ0v) is 10.8. The summed E-state index contributed by atoms with van der Waals surface area (Å²) in [5.41, 5.74) is 6.61. The summed E-state index contributed by atoms with van der Waals surface area (Å²) in [5.74, 6) is 0.301. The van der Waals surface area contributed by atoms with Crippen molar-refractivity contribution in [2.75, 3.05) is 13.1 Å². The molecule has 100 valence electrons. The predicted octanol–water partition coefficient (Wildman–Crippen LogP) is 2.09. The first-order valence-electron chi connectivity index (χ1n) is 6.51. The van der Waals surface area contributed by atoms with Crippen LogP contribution in [-0.4, -0.2) is 29.1 Å². The molecule has 0 spiro atoms. The molecule has 2 atom stereocenters. The fraction of sp³-hybridized carbons (Fsp3) is 0.571. The molecule has 1 aromatic carbocycles. The van der Waals surface area contributed by atoms with Gasteiger partial charge in [-0.25, -0.2) is 4.39 Å². The molecule has 2 unspecified atom stereocenters. The Labute approximate surface area is 107 Å². The molecule has 4 heteroatoms. The maximum absolute atomic E-state index is 13.2. The Kier molecular flexibility index (Phi) is 4.19. The lowest BCUT2D eigenvalue weighted by Crippen LogP contribution is -2.45. The van der Waals surface area contributed by atoms with Crippen molar-refractivity contribution in [2.24, 2.45) is 11.7 Å². The third kappa shape index (κ3) is 3.21. The lowest BCUT2D eigenvalue weighted by molar-refractivity contribution is 0.115. The molecule has 0 bridgehead atoms. The number of likely N-dealkylation sites (tertiary alicyclic amines) is 1. The van der Waals surface area contributed by atoms with Crippen molar-refractivity contribution in [3.05, 3.63) is 29.6 Å². The fourth-order valence-corrected chi connectivity index (χ4v) is 2.71. The maximum Gasteiger partial charge on any atom is 0.127 e. The van der Waals surface area contributed by atoms with Crippen molar-refractivity contribution in [1.29, 1.82) is 0 Å². The summed E-state index contributed by atoms with van der Waals surface area (Å²) < 4.78 is 13.2. The SMILES string of the molecule is CC1CCN(Cc2cc(O)cc(F)c2)C(CN)C1. The van der Waals surface area contributed by atoms with Gasteiger partial charge in [0.25, 0.3) is 0 Å². The minimum Gasteiger partial charge on any atom is -0.508 e. The van der Waals surface area contributed by atoms with E-state index in [-0.39, 0.29) is 11.6 Å². The normalized spacial score (nSPS) is 25.3. The number of nitrogens with zero attached hydrogens (tertiary/aromatic N) is 1. The van der Waals surface area contributed by atoms with Gasteiger partial charge in [0.1, 0.15) is 11.6 Å². The van der Waals surface area contributed by atoms with Gasteiger partial charge in [0.05, 0.1) is 0 Å². The van der Waals surface area contributed by atoms with Gasteiger partial charge in [-0.3, -0.25) is 4.90 Å². The molecule has 1 aromatic rings. The van der Waals surface area contributed by atoms with Crippen LogP contribution in [0.3, 0.4) is 0 Å². The van der Waals surface area contributed by atoms with Crippen molar-refractivity contribution in [3.8, 4) is 5.75 Å². The number of phenols is 1. The van der Waals surface area contributed by atoms with Gasteiger partial charge >= 0.3 is 0 Å². The number of hydrogen-bond donors (Lipinski definition) is 2. The molecule has 0 amide bonds. The number of halogens is 1. The maximum atomic E-state index is 13.2. The lowest BCUT2D eigenvalue weighted by Gasteiger charge is -2.38. The molecule has 2 rings (SSSR count). The number of aromatic hydroxyl groups is 1. The molecular weight excluding hydrogens is 231 g/mol. The Hall–Kier alpha value is -1.13. The summed E-state index contributed by atoms with van der Waals surface area (Å²) >= 11 is 0. The third-order valence-electron chi connectivity index (χ3n) is 3.70. The topological polar surface area (TPSA) is 49.5 Å². The van der Waals surface area contributed by atoms with Crippen LogP contribution in [0.15, 0.2) is 18.2 Å².